The average Bonchev–Trinajstić information content (AvgIpc) is 3.75. The Hall–Kier alpha value is -2.96. The van der Waals surface area contributed by atoms with Crippen LogP contribution in [-0.4, -0.2) is 80.0 Å². The molecular formula is C41H64N5O9P. The summed E-state index contributed by atoms with van der Waals surface area (Å²) in [5, 5.41) is 36.1. The average molecular weight is 802 g/mol. The number of fused-ring (bicyclic) bond motifs is 1. The number of unbranched alkanes of at least 4 members (excludes halogenated alkanes) is 15. The van der Waals surface area contributed by atoms with Gasteiger partial charge in [0.1, 0.15) is 42.3 Å². The lowest BCUT2D eigenvalue weighted by Gasteiger charge is -2.26. The molecule has 1 aromatic carbocycles. The fourth-order valence-corrected chi connectivity index (χ4v) is 7.79. The Morgan fingerprint density at radius 2 is 1.52 bits per heavy atom. The van der Waals surface area contributed by atoms with Gasteiger partial charge in [0, 0.05) is 6.61 Å². The number of hydrogen-bond acceptors (Lipinski definition) is 12. The number of nitriles is 1. The molecule has 7 atom stereocenters. The summed E-state index contributed by atoms with van der Waals surface area (Å²) in [6.45, 7) is 3.86. The third kappa shape index (κ3) is 13.9. The number of phosphoric acid groups is 1. The molecule has 56 heavy (non-hydrogen) atoms. The highest BCUT2D eigenvalue weighted by atomic mass is 31.2. The molecular weight excluding hydrogens is 737 g/mol. The molecule has 14 nitrogen and oxygen atoms in total. The predicted molar refractivity (Wildman–Crippen MR) is 213 cm³/mol. The largest absolute Gasteiger partial charge is 0.472 e. The van der Waals surface area contributed by atoms with Crippen LogP contribution < -0.4 is 5.73 Å². The molecule has 0 bridgehead atoms. The fourth-order valence-electron chi connectivity index (χ4n) is 7.05. The van der Waals surface area contributed by atoms with Gasteiger partial charge in [-0.1, -0.05) is 134 Å². The SMILES string of the molecule is CCCCCCCCCCCCCCCCCCO[C@H](C)[C@H](COP(=O)(O)OC[C@H]1O[C@@](C#N)(c2ccc3c(N)ncnn23)[C@H](O)[C@@H]1O)OCc1ccccc1. The third-order valence-corrected chi connectivity index (χ3v) is 11.5. The maximum atomic E-state index is 13.1. The number of nitrogen functional groups attached to an aromatic ring is 1. The molecule has 312 valence electrons. The minimum Gasteiger partial charge on any atom is -0.387 e. The second kappa shape index (κ2) is 24.1. The zero-order valence-corrected chi connectivity index (χ0v) is 34.1. The first-order chi connectivity index (χ1) is 27.1. The summed E-state index contributed by atoms with van der Waals surface area (Å²) in [4.78, 5) is 14.6. The summed E-state index contributed by atoms with van der Waals surface area (Å²) < 4.78 is 43.0. The molecule has 0 spiro atoms. The van der Waals surface area contributed by atoms with Crippen molar-refractivity contribution in [1.82, 2.24) is 14.6 Å². The van der Waals surface area contributed by atoms with E-state index in [0.717, 1.165) is 24.8 Å². The monoisotopic (exact) mass is 801 g/mol. The number of ether oxygens (including phenoxy) is 3. The van der Waals surface area contributed by atoms with Crippen molar-refractivity contribution < 1.29 is 42.9 Å². The van der Waals surface area contributed by atoms with Crippen molar-refractivity contribution in [2.45, 2.75) is 159 Å². The summed E-state index contributed by atoms with van der Waals surface area (Å²) >= 11 is 0. The van der Waals surface area contributed by atoms with Gasteiger partial charge in [-0.2, -0.15) is 10.4 Å². The molecule has 3 aromatic rings. The van der Waals surface area contributed by atoms with Gasteiger partial charge in [-0.15, -0.1) is 0 Å². The minimum atomic E-state index is -4.74. The first-order valence-corrected chi connectivity index (χ1v) is 22.0. The van der Waals surface area contributed by atoms with Gasteiger partial charge in [0.15, 0.2) is 5.82 Å². The molecule has 0 radical (unpaired) electrons. The molecule has 1 fully saturated rings. The van der Waals surface area contributed by atoms with E-state index in [2.05, 4.69) is 17.0 Å². The first kappa shape index (κ1) is 45.7. The van der Waals surface area contributed by atoms with Crippen LogP contribution in [0.5, 0.6) is 0 Å². The number of aromatic nitrogens is 3. The van der Waals surface area contributed by atoms with Crippen LogP contribution >= 0.6 is 7.82 Å². The van der Waals surface area contributed by atoms with Crippen LogP contribution in [0.4, 0.5) is 5.82 Å². The lowest BCUT2D eigenvalue weighted by molar-refractivity contribution is -0.0934. The van der Waals surface area contributed by atoms with Crippen molar-refractivity contribution >= 4 is 19.2 Å². The van der Waals surface area contributed by atoms with Gasteiger partial charge in [0.05, 0.1) is 31.6 Å². The molecule has 0 aliphatic carbocycles. The second-order valence-corrected chi connectivity index (χ2v) is 16.3. The van der Waals surface area contributed by atoms with Gasteiger partial charge >= 0.3 is 7.82 Å². The smallest absolute Gasteiger partial charge is 0.387 e. The first-order valence-electron chi connectivity index (χ1n) is 20.5. The number of nitrogens with zero attached hydrogens (tertiary/aromatic N) is 4. The molecule has 2 aromatic heterocycles. The van der Waals surface area contributed by atoms with Crippen LogP contribution in [0.1, 0.15) is 128 Å². The van der Waals surface area contributed by atoms with E-state index in [4.69, 9.17) is 29.0 Å². The molecule has 15 heteroatoms. The number of phosphoric ester groups is 1. The highest BCUT2D eigenvalue weighted by Gasteiger charge is 2.58. The van der Waals surface area contributed by atoms with Crippen LogP contribution in [0.3, 0.4) is 0 Å². The third-order valence-electron chi connectivity index (χ3n) is 10.5. The Labute approximate surface area is 332 Å². The van der Waals surface area contributed by atoms with Gasteiger partial charge in [-0.3, -0.25) is 9.05 Å². The lowest BCUT2D eigenvalue weighted by Crippen LogP contribution is -2.41. The Balaban J connectivity index is 1.18. The molecule has 5 N–H and O–H groups in total. The molecule has 1 saturated heterocycles. The van der Waals surface area contributed by atoms with Crippen molar-refractivity contribution in [3.8, 4) is 6.07 Å². The van der Waals surface area contributed by atoms with E-state index in [1.54, 1.807) is 6.07 Å². The zero-order valence-electron chi connectivity index (χ0n) is 33.3. The molecule has 0 saturated carbocycles. The van der Waals surface area contributed by atoms with Gasteiger partial charge in [0.25, 0.3) is 0 Å². The van der Waals surface area contributed by atoms with E-state index in [-0.39, 0.29) is 24.7 Å². The van der Waals surface area contributed by atoms with Gasteiger partial charge < -0.3 is 35.1 Å². The van der Waals surface area contributed by atoms with Crippen molar-refractivity contribution in [3.05, 3.63) is 60.0 Å². The van der Waals surface area contributed by atoms with Crippen LogP contribution in [0.25, 0.3) is 5.52 Å². The maximum Gasteiger partial charge on any atom is 0.472 e. The number of rotatable bonds is 29. The predicted octanol–water partition coefficient (Wildman–Crippen LogP) is 7.54. The summed E-state index contributed by atoms with van der Waals surface area (Å²) in [6, 6.07) is 14.5. The van der Waals surface area contributed by atoms with E-state index >= 15 is 0 Å². The standard InChI is InChI=1S/C41H64N5O9P/c1-3-4-5-6-7-8-9-10-11-12-13-14-15-16-17-21-26-51-32(2)35(52-27-33-22-19-18-20-23-33)28-53-56(49,50)54-29-36-38(47)39(48)41(30-42,55-36)37-25-24-34-40(43)44-31-45-46(34)37/h18-20,22-25,31-32,35-36,38-39,47-48H,3-17,21,26-29H2,1-2H3,(H,49,50)(H2,43,44,45)/t32-,35+,36-,38-,39-,41+/m1/s1. The number of aliphatic hydroxyl groups is 2. The zero-order chi connectivity index (χ0) is 40.2. The van der Waals surface area contributed by atoms with E-state index in [1.165, 1.54) is 100 Å². The van der Waals surface area contributed by atoms with E-state index < -0.39 is 50.6 Å². The lowest BCUT2D eigenvalue weighted by atomic mass is 9.92. The van der Waals surface area contributed by atoms with Crippen LogP contribution in [-0.2, 0) is 40.0 Å². The van der Waals surface area contributed by atoms with Crippen LogP contribution in [0, 0.1) is 11.3 Å². The fraction of sp³-hybridized carbons (Fsp3) is 0.683. The number of hydrogen-bond donors (Lipinski definition) is 4. The Morgan fingerprint density at radius 3 is 2.12 bits per heavy atom. The molecule has 0 amide bonds. The van der Waals surface area contributed by atoms with Gasteiger partial charge in [-0.05, 0) is 31.0 Å². The van der Waals surface area contributed by atoms with Gasteiger partial charge in [0.2, 0.25) is 5.60 Å². The van der Waals surface area contributed by atoms with Crippen LogP contribution in [0.15, 0.2) is 48.8 Å². The number of nitrogens with two attached hydrogens (primary N) is 1. The second-order valence-electron chi connectivity index (χ2n) is 14.9. The minimum absolute atomic E-state index is 0.0913. The Bertz CT molecular complexity index is 1640. The number of anilines is 1. The quantitative estimate of drug-likeness (QED) is 0.0396. The molecule has 4 rings (SSSR count). The highest BCUT2D eigenvalue weighted by Crippen LogP contribution is 2.46. The Kier molecular flexibility index (Phi) is 19.7. The maximum absolute atomic E-state index is 13.1. The summed E-state index contributed by atoms with van der Waals surface area (Å²) in [6.07, 6.45) is 15.8. The van der Waals surface area contributed by atoms with Crippen LogP contribution in [0.2, 0.25) is 0 Å². The Morgan fingerprint density at radius 1 is 0.911 bits per heavy atom. The number of aliphatic hydroxyl groups excluding tert-OH is 2. The molecule has 1 aliphatic rings. The van der Waals surface area contributed by atoms with Crippen molar-refractivity contribution in [3.63, 3.8) is 0 Å². The molecule has 1 aliphatic heterocycles. The van der Waals surface area contributed by atoms with Crippen molar-refractivity contribution in [2.24, 2.45) is 0 Å². The number of benzene rings is 1. The van der Waals surface area contributed by atoms with E-state index in [1.807, 2.05) is 43.3 Å². The normalized spacial score (nSPS) is 21.9. The van der Waals surface area contributed by atoms with Gasteiger partial charge in [-0.25, -0.2) is 14.1 Å². The highest BCUT2D eigenvalue weighted by molar-refractivity contribution is 7.47. The topological polar surface area (TPSA) is 204 Å². The van der Waals surface area contributed by atoms with Crippen molar-refractivity contribution in [1.29, 1.82) is 5.26 Å². The summed E-state index contributed by atoms with van der Waals surface area (Å²) in [5.41, 5.74) is 5.21. The summed E-state index contributed by atoms with van der Waals surface area (Å²) in [7, 11) is -4.74. The van der Waals surface area contributed by atoms with Crippen molar-refractivity contribution in [2.75, 3.05) is 25.6 Å². The van der Waals surface area contributed by atoms with E-state index in [0.29, 0.717) is 12.1 Å². The summed E-state index contributed by atoms with van der Waals surface area (Å²) in [5.74, 6) is 0.136. The molecule has 1 unspecified atom stereocenters. The van der Waals surface area contributed by atoms with E-state index in [9.17, 15) is 24.9 Å². The molecule has 3 heterocycles.